The molecule has 124 valence electrons. The van der Waals surface area contributed by atoms with Crippen molar-refractivity contribution in [2.45, 2.75) is 13.5 Å². The minimum absolute atomic E-state index is 0.0836. The van der Waals surface area contributed by atoms with E-state index in [0.29, 0.717) is 18.8 Å². The summed E-state index contributed by atoms with van der Waals surface area (Å²) in [4.78, 5) is 20.1. The number of thiophene rings is 1. The predicted octanol–water partition coefficient (Wildman–Crippen LogP) is 4.62. The first-order chi connectivity index (χ1) is 11.6. The number of carbonyl (C=O) groups excluding carboxylic acids is 1. The minimum atomic E-state index is -0.0836. The molecular weight excluding hydrogens is 344 g/mol. The minimum Gasteiger partial charge on any atom is -0.497 e. The Labute approximate surface area is 149 Å². The molecule has 0 fully saturated rings. The molecule has 0 N–H and O–H groups in total. The average molecular weight is 361 g/mol. The lowest BCUT2D eigenvalue weighted by Crippen LogP contribution is -2.30. The Bertz CT molecular complexity index is 878. The number of methoxy groups -OCH3 is 1. The lowest BCUT2D eigenvalue weighted by Gasteiger charge is -2.19. The van der Waals surface area contributed by atoms with Crippen molar-refractivity contribution in [3.63, 3.8) is 0 Å². The second kappa shape index (κ2) is 7.20. The predicted molar refractivity (Wildman–Crippen MR) is 98.0 cm³/mol. The maximum absolute atomic E-state index is 12.8. The number of benzene rings is 1. The van der Waals surface area contributed by atoms with E-state index in [1.54, 1.807) is 18.1 Å². The molecule has 0 bridgehead atoms. The number of aromatic nitrogens is 1. The summed E-state index contributed by atoms with van der Waals surface area (Å²) < 4.78 is 5.94. The molecule has 6 heteroatoms. The molecule has 0 radical (unpaired) electrons. The molecule has 1 amide bonds. The van der Waals surface area contributed by atoms with Crippen molar-refractivity contribution in [2.75, 3.05) is 13.7 Å². The first-order valence-corrected chi connectivity index (χ1v) is 8.78. The first-order valence-electron chi connectivity index (χ1n) is 7.59. The topological polar surface area (TPSA) is 42.4 Å². The Balaban J connectivity index is 1.85. The van der Waals surface area contributed by atoms with Gasteiger partial charge >= 0.3 is 0 Å². The number of ether oxygens (including phenoxy) is 1. The number of hydrogen-bond acceptors (Lipinski definition) is 4. The van der Waals surface area contributed by atoms with Gasteiger partial charge in [-0.1, -0.05) is 17.7 Å². The standard InChI is InChI=1S/C18H17ClN2O2S/c1-3-21(11-14-6-9-17(19)24-14)18(22)16-7-4-12-10-13(23-2)5-8-15(12)20-16/h4-10H,3,11H2,1-2H3. The third-order valence-corrected chi connectivity index (χ3v) is 4.98. The van der Waals surface area contributed by atoms with Crippen molar-refractivity contribution in [3.8, 4) is 5.75 Å². The number of halogens is 1. The molecule has 0 aliphatic rings. The summed E-state index contributed by atoms with van der Waals surface area (Å²) >= 11 is 7.45. The van der Waals surface area contributed by atoms with Crippen molar-refractivity contribution in [3.05, 3.63) is 57.4 Å². The molecule has 2 heterocycles. The number of amides is 1. The van der Waals surface area contributed by atoms with Crippen LogP contribution in [0, 0.1) is 0 Å². The maximum Gasteiger partial charge on any atom is 0.272 e. The van der Waals surface area contributed by atoms with Crippen molar-refractivity contribution >= 4 is 39.7 Å². The Morgan fingerprint density at radius 2 is 2.08 bits per heavy atom. The highest BCUT2D eigenvalue weighted by atomic mass is 35.5. The maximum atomic E-state index is 12.8. The van der Waals surface area contributed by atoms with Gasteiger partial charge in [-0.15, -0.1) is 11.3 Å². The highest BCUT2D eigenvalue weighted by Gasteiger charge is 2.17. The highest BCUT2D eigenvalue weighted by molar-refractivity contribution is 7.16. The monoisotopic (exact) mass is 360 g/mol. The lowest BCUT2D eigenvalue weighted by atomic mass is 10.2. The van der Waals surface area contributed by atoms with E-state index in [1.165, 1.54) is 11.3 Å². The zero-order chi connectivity index (χ0) is 17.1. The summed E-state index contributed by atoms with van der Waals surface area (Å²) in [6, 6.07) is 13.1. The highest BCUT2D eigenvalue weighted by Crippen LogP contribution is 2.24. The van der Waals surface area contributed by atoms with Crippen LogP contribution < -0.4 is 4.74 Å². The zero-order valence-electron chi connectivity index (χ0n) is 13.5. The van der Waals surface area contributed by atoms with Gasteiger partial charge in [0, 0.05) is 16.8 Å². The molecule has 0 aliphatic carbocycles. The average Bonchev–Trinajstić information content (AvgIpc) is 3.03. The number of hydrogen-bond donors (Lipinski definition) is 0. The molecule has 1 aromatic carbocycles. The number of fused-ring (bicyclic) bond motifs is 1. The summed E-state index contributed by atoms with van der Waals surface area (Å²) in [5.41, 5.74) is 1.22. The van der Waals surface area contributed by atoms with Gasteiger partial charge in [-0.05, 0) is 43.3 Å². The Kier molecular flexibility index (Phi) is 5.02. The van der Waals surface area contributed by atoms with Crippen molar-refractivity contribution in [1.29, 1.82) is 0 Å². The molecule has 0 atom stereocenters. The normalized spacial score (nSPS) is 10.8. The van der Waals surface area contributed by atoms with Crippen LogP contribution in [0.5, 0.6) is 5.75 Å². The SMILES string of the molecule is CCN(Cc1ccc(Cl)s1)C(=O)c1ccc2cc(OC)ccc2n1. The van der Waals surface area contributed by atoms with Crippen molar-refractivity contribution < 1.29 is 9.53 Å². The summed E-state index contributed by atoms with van der Waals surface area (Å²) in [5, 5.41) is 0.944. The van der Waals surface area contributed by atoms with Gasteiger partial charge in [0.15, 0.2) is 0 Å². The fourth-order valence-electron chi connectivity index (χ4n) is 2.46. The number of nitrogens with zero attached hydrogens (tertiary/aromatic N) is 2. The summed E-state index contributed by atoms with van der Waals surface area (Å²) in [6.07, 6.45) is 0. The largest absolute Gasteiger partial charge is 0.497 e. The van der Waals surface area contributed by atoms with E-state index >= 15 is 0 Å². The summed E-state index contributed by atoms with van der Waals surface area (Å²) in [7, 11) is 1.63. The van der Waals surface area contributed by atoms with Crippen LogP contribution in [0.1, 0.15) is 22.3 Å². The third kappa shape index (κ3) is 3.52. The van der Waals surface area contributed by atoms with E-state index in [1.807, 2.05) is 43.3 Å². The van der Waals surface area contributed by atoms with E-state index in [-0.39, 0.29) is 5.91 Å². The van der Waals surface area contributed by atoms with Crippen LogP contribution >= 0.6 is 22.9 Å². The summed E-state index contributed by atoms with van der Waals surface area (Å²) in [6.45, 7) is 3.10. The molecule has 3 aromatic rings. The van der Waals surface area contributed by atoms with Gasteiger partial charge in [0.05, 0.1) is 23.5 Å². The molecule has 4 nitrogen and oxygen atoms in total. The van der Waals surface area contributed by atoms with Crippen LogP contribution in [0.15, 0.2) is 42.5 Å². The van der Waals surface area contributed by atoms with Gasteiger partial charge in [0.2, 0.25) is 0 Å². The first kappa shape index (κ1) is 16.7. The van der Waals surface area contributed by atoms with Crippen LogP contribution in [0.3, 0.4) is 0 Å². The Morgan fingerprint density at radius 1 is 1.25 bits per heavy atom. The molecule has 0 unspecified atom stereocenters. The van der Waals surface area contributed by atoms with Crippen LogP contribution in [0.25, 0.3) is 10.9 Å². The Morgan fingerprint density at radius 3 is 2.75 bits per heavy atom. The second-order valence-electron chi connectivity index (χ2n) is 5.28. The Hall–Kier alpha value is -2.11. The molecule has 24 heavy (non-hydrogen) atoms. The molecule has 0 aliphatic heterocycles. The smallest absolute Gasteiger partial charge is 0.272 e. The molecule has 2 aromatic heterocycles. The molecular formula is C18H17ClN2O2S. The van der Waals surface area contributed by atoms with Crippen molar-refractivity contribution in [2.24, 2.45) is 0 Å². The molecule has 0 spiro atoms. The van der Waals surface area contributed by atoms with Gasteiger partial charge in [0.25, 0.3) is 5.91 Å². The number of rotatable bonds is 5. The van der Waals surface area contributed by atoms with Gasteiger partial charge < -0.3 is 9.64 Å². The quantitative estimate of drug-likeness (QED) is 0.666. The number of pyridine rings is 1. The lowest BCUT2D eigenvalue weighted by molar-refractivity contribution is 0.0748. The van der Waals surface area contributed by atoms with Gasteiger partial charge in [-0.3, -0.25) is 4.79 Å². The van der Waals surface area contributed by atoms with E-state index in [4.69, 9.17) is 16.3 Å². The molecule has 3 rings (SSSR count). The third-order valence-electron chi connectivity index (χ3n) is 3.76. The van der Waals surface area contributed by atoms with E-state index in [0.717, 1.165) is 25.9 Å². The number of carbonyl (C=O) groups is 1. The fourth-order valence-corrected chi connectivity index (χ4v) is 3.57. The van der Waals surface area contributed by atoms with Gasteiger partial charge in [0.1, 0.15) is 11.4 Å². The zero-order valence-corrected chi connectivity index (χ0v) is 15.0. The van der Waals surface area contributed by atoms with E-state index < -0.39 is 0 Å². The van der Waals surface area contributed by atoms with Crippen LogP contribution in [-0.4, -0.2) is 29.4 Å². The van der Waals surface area contributed by atoms with Crippen LogP contribution in [0.4, 0.5) is 0 Å². The van der Waals surface area contributed by atoms with Crippen LogP contribution in [-0.2, 0) is 6.54 Å². The van der Waals surface area contributed by atoms with E-state index in [9.17, 15) is 4.79 Å². The van der Waals surface area contributed by atoms with Crippen molar-refractivity contribution in [1.82, 2.24) is 9.88 Å². The van der Waals surface area contributed by atoms with Crippen LogP contribution in [0.2, 0.25) is 4.34 Å². The van der Waals surface area contributed by atoms with E-state index in [2.05, 4.69) is 4.98 Å². The van der Waals surface area contributed by atoms with Gasteiger partial charge in [-0.25, -0.2) is 4.98 Å². The fraction of sp³-hybridized carbons (Fsp3) is 0.222. The van der Waals surface area contributed by atoms with Gasteiger partial charge in [-0.2, -0.15) is 0 Å². The summed E-state index contributed by atoms with van der Waals surface area (Å²) in [5.74, 6) is 0.688. The molecule has 0 saturated heterocycles. The molecule has 0 saturated carbocycles. The second-order valence-corrected chi connectivity index (χ2v) is 7.08.